The van der Waals surface area contributed by atoms with Gasteiger partial charge in [-0.2, -0.15) is 0 Å². The zero-order chi connectivity index (χ0) is 17.5. The van der Waals surface area contributed by atoms with Crippen LogP contribution in [-0.2, 0) is 11.3 Å². The molecular weight excluding hydrogens is 330 g/mol. The van der Waals surface area contributed by atoms with Gasteiger partial charge in [-0.15, -0.1) is 0 Å². The highest BCUT2D eigenvalue weighted by molar-refractivity contribution is 7.80. The normalized spacial score (nSPS) is 15.5. The van der Waals surface area contributed by atoms with Gasteiger partial charge in [0, 0.05) is 53.0 Å². The Bertz CT molecular complexity index is 693. The summed E-state index contributed by atoms with van der Waals surface area (Å²) in [6, 6.07) is 15.2. The van der Waals surface area contributed by atoms with Gasteiger partial charge < -0.3 is 15.0 Å². The van der Waals surface area contributed by atoms with Crippen LogP contribution >= 0.6 is 12.2 Å². The van der Waals surface area contributed by atoms with Gasteiger partial charge in [0.05, 0.1) is 0 Å². The number of nitrogens with one attached hydrogen (secondary N) is 1. The number of piperazine rings is 1. The van der Waals surface area contributed by atoms with Gasteiger partial charge in [0.15, 0.2) is 5.11 Å². The van der Waals surface area contributed by atoms with Crippen LogP contribution in [0.15, 0.2) is 42.5 Å². The van der Waals surface area contributed by atoms with Crippen molar-refractivity contribution in [2.45, 2.75) is 13.0 Å². The molecule has 4 nitrogen and oxygen atoms in total. The molecular formula is C20H27N3OS. The van der Waals surface area contributed by atoms with Gasteiger partial charge in [0.2, 0.25) is 0 Å². The zero-order valence-electron chi connectivity index (χ0n) is 14.9. The predicted molar refractivity (Wildman–Crippen MR) is 108 cm³/mol. The third-order valence-electron chi connectivity index (χ3n) is 4.73. The van der Waals surface area contributed by atoms with Crippen LogP contribution in [0.25, 0.3) is 10.8 Å². The number of methoxy groups -OCH3 is 1. The smallest absolute Gasteiger partial charge is 0.169 e. The third kappa shape index (κ3) is 4.91. The lowest BCUT2D eigenvalue weighted by molar-refractivity contribution is 0.174. The van der Waals surface area contributed by atoms with E-state index in [9.17, 15) is 0 Å². The predicted octanol–water partition coefficient (Wildman–Crippen LogP) is 2.87. The van der Waals surface area contributed by atoms with E-state index in [0.29, 0.717) is 0 Å². The van der Waals surface area contributed by atoms with E-state index in [4.69, 9.17) is 17.0 Å². The van der Waals surface area contributed by atoms with Crippen molar-refractivity contribution >= 4 is 28.1 Å². The molecule has 0 atom stereocenters. The van der Waals surface area contributed by atoms with Crippen molar-refractivity contribution in [3.8, 4) is 0 Å². The molecule has 1 N–H and O–H groups in total. The maximum atomic E-state index is 5.51. The van der Waals surface area contributed by atoms with Gasteiger partial charge in [0.25, 0.3) is 0 Å². The number of hydrogen-bond acceptors (Lipinski definition) is 3. The summed E-state index contributed by atoms with van der Waals surface area (Å²) in [4.78, 5) is 4.80. The second kappa shape index (κ2) is 9.13. The Morgan fingerprint density at radius 3 is 2.64 bits per heavy atom. The Hall–Kier alpha value is -1.69. The van der Waals surface area contributed by atoms with Crippen LogP contribution in [0.4, 0.5) is 0 Å². The molecule has 0 spiro atoms. The summed E-state index contributed by atoms with van der Waals surface area (Å²) in [5, 5.41) is 6.89. The molecule has 25 heavy (non-hydrogen) atoms. The molecule has 0 bridgehead atoms. The monoisotopic (exact) mass is 357 g/mol. The highest BCUT2D eigenvalue weighted by atomic mass is 32.1. The first-order chi connectivity index (χ1) is 12.3. The minimum atomic E-state index is 0.772. The van der Waals surface area contributed by atoms with Crippen molar-refractivity contribution in [1.82, 2.24) is 15.1 Å². The Morgan fingerprint density at radius 2 is 1.84 bits per heavy atom. The fraction of sp³-hybridized carbons (Fsp3) is 0.450. The molecule has 3 rings (SSSR count). The van der Waals surface area contributed by atoms with E-state index in [1.165, 1.54) is 16.3 Å². The van der Waals surface area contributed by atoms with Gasteiger partial charge in [0.1, 0.15) is 0 Å². The Balaban J connectivity index is 1.50. The standard InChI is InChI=1S/C20H27N3OS/c1-24-15-5-10-21-20(25)23-13-11-22(12-14-23)16-18-8-4-7-17-6-2-3-9-19(17)18/h2-4,6-9H,5,10-16H2,1H3,(H,21,25). The van der Waals surface area contributed by atoms with Gasteiger partial charge in [-0.25, -0.2) is 0 Å². The van der Waals surface area contributed by atoms with E-state index < -0.39 is 0 Å². The van der Waals surface area contributed by atoms with E-state index in [0.717, 1.165) is 57.4 Å². The van der Waals surface area contributed by atoms with Crippen LogP contribution in [0.3, 0.4) is 0 Å². The number of benzene rings is 2. The molecule has 1 heterocycles. The molecule has 0 aliphatic carbocycles. The van der Waals surface area contributed by atoms with E-state index >= 15 is 0 Å². The van der Waals surface area contributed by atoms with Gasteiger partial charge in [-0.05, 0) is 35.0 Å². The van der Waals surface area contributed by atoms with Gasteiger partial charge in [-0.1, -0.05) is 42.5 Å². The highest BCUT2D eigenvalue weighted by Crippen LogP contribution is 2.20. The lowest BCUT2D eigenvalue weighted by Gasteiger charge is -2.36. The second-order valence-corrected chi connectivity index (χ2v) is 6.87. The summed E-state index contributed by atoms with van der Waals surface area (Å²) in [7, 11) is 1.73. The summed E-state index contributed by atoms with van der Waals surface area (Å²) < 4.78 is 5.07. The lowest BCUT2D eigenvalue weighted by atomic mass is 10.0. The zero-order valence-corrected chi connectivity index (χ0v) is 15.7. The average Bonchev–Trinajstić information content (AvgIpc) is 2.66. The number of fused-ring (bicyclic) bond motifs is 1. The van der Waals surface area contributed by atoms with Crippen LogP contribution in [-0.4, -0.2) is 61.4 Å². The molecule has 0 amide bonds. The van der Waals surface area contributed by atoms with Crippen molar-refractivity contribution in [1.29, 1.82) is 0 Å². The summed E-state index contributed by atoms with van der Waals surface area (Å²) in [5.74, 6) is 0. The van der Waals surface area contributed by atoms with E-state index in [-0.39, 0.29) is 0 Å². The van der Waals surface area contributed by atoms with E-state index in [2.05, 4.69) is 57.6 Å². The van der Waals surface area contributed by atoms with Crippen molar-refractivity contribution in [3.05, 3.63) is 48.0 Å². The van der Waals surface area contributed by atoms with E-state index in [1.54, 1.807) is 7.11 Å². The molecule has 0 radical (unpaired) electrons. The van der Waals surface area contributed by atoms with Crippen LogP contribution in [0.1, 0.15) is 12.0 Å². The average molecular weight is 358 g/mol. The first-order valence-corrected chi connectivity index (χ1v) is 9.39. The van der Waals surface area contributed by atoms with Gasteiger partial charge in [-0.3, -0.25) is 4.90 Å². The Kier molecular flexibility index (Phi) is 6.62. The number of rotatable bonds is 6. The topological polar surface area (TPSA) is 27.7 Å². The molecule has 1 saturated heterocycles. The largest absolute Gasteiger partial charge is 0.385 e. The summed E-state index contributed by atoms with van der Waals surface area (Å²) in [6.45, 7) is 6.72. The molecule has 1 aliphatic rings. The molecule has 2 aromatic rings. The molecule has 5 heteroatoms. The summed E-state index contributed by atoms with van der Waals surface area (Å²) >= 11 is 5.51. The molecule has 2 aromatic carbocycles. The van der Waals surface area contributed by atoms with Crippen molar-refractivity contribution < 1.29 is 4.74 Å². The lowest BCUT2D eigenvalue weighted by Crippen LogP contribution is -2.51. The minimum absolute atomic E-state index is 0.772. The van der Waals surface area contributed by atoms with E-state index in [1.807, 2.05) is 0 Å². The van der Waals surface area contributed by atoms with Crippen LogP contribution < -0.4 is 5.32 Å². The second-order valence-electron chi connectivity index (χ2n) is 6.48. The fourth-order valence-electron chi connectivity index (χ4n) is 3.30. The summed E-state index contributed by atoms with van der Waals surface area (Å²) in [6.07, 6.45) is 0.984. The molecule has 1 fully saturated rings. The third-order valence-corrected chi connectivity index (χ3v) is 5.14. The number of ether oxygens (including phenoxy) is 1. The minimum Gasteiger partial charge on any atom is -0.385 e. The molecule has 1 aliphatic heterocycles. The van der Waals surface area contributed by atoms with Crippen molar-refractivity contribution in [2.75, 3.05) is 46.4 Å². The van der Waals surface area contributed by atoms with Crippen LogP contribution in [0.2, 0.25) is 0 Å². The first kappa shape index (κ1) is 18.1. The molecule has 0 saturated carbocycles. The Morgan fingerprint density at radius 1 is 1.08 bits per heavy atom. The SMILES string of the molecule is COCCCNC(=S)N1CCN(Cc2cccc3ccccc23)CC1. The number of nitrogens with zero attached hydrogens (tertiary/aromatic N) is 2. The van der Waals surface area contributed by atoms with Gasteiger partial charge >= 0.3 is 0 Å². The molecule has 0 aromatic heterocycles. The van der Waals surface area contributed by atoms with Crippen LogP contribution in [0, 0.1) is 0 Å². The number of thiocarbonyl (C=S) groups is 1. The molecule has 0 unspecified atom stereocenters. The van der Waals surface area contributed by atoms with Crippen molar-refractivity contribution in [3.63, 3.8) is 0 Å². The summed E-state index contributed by atoms with van der Waals surface area (Å²) in [5.41, 5.74) is 1.41. The fourth-order valence-corrected chi connectivity index (χ4v) is 3.59. The maximum Gasteiger partial charge on any atom is 0.169 e. The Labute approximate surface area is 155 Å². The number of hydrogen-bond donors (Lipinski definition) is 1. The quantitative estimate of drug-likeness (QED) is 0.634. The highest BCUT2D eigenvalue weighted by Gasteiger charge is 2.19. The molecule has 134 valence electrons. The van der Waals surface area contributed by atoms with Crippen LogP contribution in [0.5, 0.6) is 0 Å². The maximum absolute atomic E-state index is 5.51. The first-order valence-electron chi connectivity index (χ1n) is 8.98. The van der Waals surface area contributed by atoms with Crippen molar-refractivity contribution in [2.24, 2.45) is 0 Å².